The Labute approximate surface area is 331 Å². The van der Waals surface area contributed by atoms with Crippen LogP contribution < -0.4 is 10.2 Å². The highest BCUT2D eigenvalue weighted by Gasteiger charge is 2.24. The topological polar surface area (TPSA) is 28.4 Å². The predicted molar refractivity (Wildman–Crippen MR) is 242 cm³/mol. The standard InChI is InChI=1S/C54H38N2O/c1-34-32-48(55-40-24-20-38(21-25-40)36-12-5-3-6-13-36)46-30-28-43-35(2)33-50(47-31-29-42(34)52(46)53(43)47)56(41-26-22-39(23-27-41)37-14-7-4-8-15-37)49-18-11-17-45-44-16-9-10-19-51(44)57-54(45)49/h3-33,55H,1-2H3. The SMILES string of the molecule is Cc1cc(Nc2ccc(-c3ccccc3)cc2)c2ccc3c(C)cc(N(c4ccc(-c5ccccc5)cc4)c4cccc5c4oc4ccccc45)c4ccc1c2c34. The molecule has 0 fully saturated rings. The van der Waals surface area contributed by atoms with Gasteiger partial charge in [0.15, 0.2) is 5.58 Å². The lowest BCUT2D eigenvalue weighted by atomic mass is 9.88. The number of hydrogen-bond acceptors (Lipinski definition) is 3. The largest absolute Gasteiger partial charge is 0.454 e. The van der Waals surface area contributed by atoms with Gasteiger partial charge in [-0.05, 0) is 117 Å². The molecule has 0 unspecified atom stereocenters. The number of nitrogens with zero attached hydrogens (tertiary/aromatic N) is 1. The van der Waals surface area contributed by atoms with Crippen molar-refractivity contribution < 1.29 is 4.42 Å². The number of rotatable bonds is 7. The van der Waals surface area contributed by atoms with Crippen LogP contribution in [0.4, 0.5) is 28.4 Å². The van der Waals surface area contributed by atoms with Crippen molar-refractivity contribution in [2.45, 2.75) is 13.8 Å². The summed E-state index contributed by atoms with van der Waals surface area (Å²) in [6, 6.07) is 67.5. The second-order valence-corrected chi connectivity index (χ2v) is 15.1. The van der Waals surface area contributed by atoms with E-state index in [2.05, 4.69) is 206 Å². The molecule has 0 aliphatic carbocycles. The van der Waals surface area contributed by atoms with Gasteiger partial charge in [-0.2, -0.15) is 0 Å². The van der Waals surface area contributed by atoms with Gasteiger partial charge in [0.2, 0.25) is 0 Å². The molecule has 3 nitrogen and oxygen atoms in total. The number of anilines is 5. The van der Waals surface area contributed by atoms with Crippen LogP contribution in [0.3, 0.4) is 0 Å². The minimum Gasteiger partial charge on any atom is -0.454 e. The third-order valence-corrected chi connectivity index (χ3v) is 11.7. The summed E-state index contributed by atoms with van der Waals surface area (Å²) in [5.41, 5.74) is 14.4. The average molecular weight is 731 g/mol. The molecule has 1 N–H and O–H groups in total. The fraction of sp³-hybridized carbons (Fsp3) is 0.0370. The Morgan fingerprint density at radius 3 is 1.65 bits per heavy atom. The molecule has 0 atom stereocenters. The number of benzene rings is 10. The number of aryl methyl sites for hydroxylation is 2. The van der Waals surface area contributed by atoms with E-state index in [1.807, 2.05) is 6.07 Å². The minimum absolute atomic E-state index is 0.870. The molecule has 0 spiro atoms. The van der Waals surface area contributed by atoms with E-state index in [9.17, 15) is 0 Å². The van der Waals surface area contributed by atoms with E-state index in [4.69, 9.17) is 4.42 Å². The highest BCUT2D eigenvalue weighted by atomic mass is 16.3. The summed E-state index contributed by atoms with van der Waals surface area (Å²) in [6.45, 7) is 4.47. The molecule has 0 bridgehead atoms. The molecular formula is C54H38N2O. The molecule has 0 aliphatic rings. The van der Waals surface area contributed by atoms with Crippen molar-refractivity contribution in [3.63, 3.8) is 0 Å². The van der Waals surface area contributed by atoms with Crippen molar-refractivity contribution in [3.05, 3.63) is 199 Å². The summed E-state index contributed by atoms with van der Waals surface area (Å²) in [5, 5.41) is 13.5. The van der Waals surface area contributed by atoms with Crippen molar-refractivity contribution in [1.82, 2.24) is 0 Å². The van der Waals surface area contributed by atoms with Gasteiger partial charge in [-0.1, -0.05) is 140 Å². The summed E-state index contributed by atoms with van der Waals surface area (Å²) in [5.74, 6) is 0. The van der Waals surface area contributed by atoms with Crippen molar-refractivity contribution >= 4 is 82.7 Å². The molecule has 270 valence electrons. The van der Waals surface area contributed by atoms with E-state index in [-0.39, 0.29) is 0 Å². The minimum atomic E-state index is 0.870. The lowest BCUT2D eigenvalue weighted by molar-refractivity contribution is 0.669. The number of para-hydroxylation sites is 2. The third kappa shape index (κ3) is 5.43. The van der Waals surface area contributed by atoms with Crippen molar-refractivity contribution in [2.75, 3.05) is 10.2 Å². The van der Waals surface area contributed by atoms with Gasteiger partial charge in [0.25, 0.3) is 0 Å². The van der Waals surface area contributed by atoms with E-state index < -0.39 is 0 Å². The first-order valence-electron chi connectivity index (χ1n) is 19.6. The van der Waals surface area contributed by atoms with Crippen molar-refractivity contribution in [1.29, 1.82) is 0 Å². The van der Waals surface area contributed by atoms with E-state index in [1.54, 1.807) is 0 Å². The van der Waals surface area contributed by atoms with Crippen molar-refractivity contribution in [3.8, 4) is 22.3 Å². The van der Waals surface area contributed by atoms with Crippen LogP contribution in [0.5, 0.6) is 0 Å². The zero-order valence-corrected chi connectivity index (χ0v) is 31.8. The average Bonchev–Trinajstić information content (AvgIpc) is 3.65. The van der Waals surface area contributed by atoms with Crippen LogP contribution in [0.25, 0.3) is 76.5 Å². The quantitative estimate of drug-likeness (QED) is 0.166. The van der Waals surface area contributed by atoms with Gasteiger partial charge in [0.05, 0.1) is 11.4 Å². The van der Waals surface area contributed by atoms with E-state index in [0.29, 0.717) is 0 Å². The lowest BCUT2D eigenvalue weighted by Gasteiger charge is -2.29. The monoisotopic (exact) mass is 730 g/mol. The van der Waals surface area contributed by atoms with Gasteiger partial charge in [-0.3, -0.25) is 0 Å². The van der Waals surface area contributed by atoms with E-state index >= 15 is 0 Å². The molecule has 11 aromatic rings. The number of hydrogen-bond donors (Lipinski definition) is 1. The fourth-order valence-electron chi connectivity index (χ4n) is 8.89. The molecule has 0 aliphatic heterocycles. The molecule has 0 saturated carbocycles. The maximum atomic E-state index is 6.73. The number of fused-ring (bicyclic) bond motifs is 3. The van der Waals surface area contributed by atoms with Crippen molar-refractivity contribution in [2.24, 2.45) is 0 Å². The Kier molecular flexibility index (Phi) is 7.61. The van der Waals surface area contributed by atoms with Crippen LogP contribution in [0.2, 0.25) is 0 Å². The fourth-order valence-corrected chi connectivity index (χ4v) is 8.89. The molecule has 0 saturated heterocycles. The summed E-state index contributed by atoms with van der Waals surface area (Å²) < 4.78 is 6.73. The summed E-state index contributed by atoms with van der Waals surface area (Å²) >= 11 is 0. The summed E-state index contributed by atoms with van der Waals surface area (Å²) in [6.07, 6.45) is 0. The zero-order chi connectivity index (χ0) is 38.0. The van der Waals surface area contributed by atoms with Crippen LogP contribution in [0, 0.1) is 13.8 Å². The van der Waals surface area contributed by atoms with Gasteiger partial charge >= 0.3 is 0 Å². The van der Waals surface area contributed by atoms with Gasteiger partial charge in [-0.15, -0.1) is 0 Å². The summed E-state index contributed by atoms with van der Waals surface area (Å²) in [4.78, 5) is 2.40. The first-order chi connectivity index (χ1) is 28.1. The first kappa shape index (κ1) is 33.0. The first-order valence-corrected chi connectivity index (χ1v) is 19.6. The van der Waals surface area contributed by atoms with Gasteiger partial charge < -0.3 is 14.6 Å². The second kappa shape index (κ2) is 13.1. The molecular weight excluding hydrogens is 693 g/mol. The molecule has 11 rings (SSSR count). The molecule has 10 aromatic carbocycles. The molecule has 3 heteroatoms. The van der Waals surface area contributed by atoms with E-state index in [0.717, 1.165) is 50.4 Å². The predicted octanol–water partition coefficient (Wildman–Crippen LogP) is 15.6. The summed E-state index contributed by atoms with van der Waals surface area (Å²) in [7, 11) is 0. The molecule has 0 amide bonds. The van der Waals surface area contributed by atoms with Crippen LogP contribution in [0.15, 0.2) is 192 Å². The van der Waals surface area contributed by atoms with Gasteiger partial charge in [0, 0.05) is 38.6 Å². The Balaban J connectivity index is 1.12. The lowest BCUT2D eigenvalue weighted by Crippen LogP contribution is -2.11. The zero-order valence-electron chi connectivity index (χ0n) is 31.8. The molecule has 0 radical (unpaired) electrons. The maximum Gasteiger partial charge on any atom is 0.159 e. The normalized spacial score (nSPS) is 11.7. The Morgan fingerprint density at radius 1 is 0.404 bits per heavy atom. The Morgan fingerprint density at radius 2 is 0.947 bits per heavy atom. The molecule has 1 aromatic heterocycles. The van der Waals surface area contributed by atoms with Crippen LogP contribution in [-0.2, 0) is 0 Å². The van der Waals surface area contributed by atoms with Gasteiger partial charge in [0.1, 0.15) is 5.58 Å². The number of nitrogens with one attached hydrogen (secondary N) is 1. The third-order valence-electron chi connectivity index (χ3n) is 11.7. The molecule has 57 heavy (non-hydrogen) atoms. The smallest absolute Gasteiger partial charge is 0.159 e. The van der Waals surface area contributed by atoms with E-state index in [1.165, 1.54) is 65.7 Å². The number of furan rings is 1. The van der Waals surface area contributed by atoms with Crippen LogP contribution >= 0.6 is 0 Å². The van der Waals surface area contributed by atoms with Crippen LogP contribution in [-0.4, -0.2) is 0 Å². The second-order valence-electron chi connectivity index (χ2n) is 15.1. The Hall–Kier alpha value is -7.36. The maximum absolute atomic E-state index is 6.73. The Bertz CT molecular complexity index is 3260. The highest BCUT2D eigenvalue weighted by Crippen LogP contribution is 2.49. The highest BCUT2D eigenvalue weighted by molar-refractivity contribution is 6.29. The van der Waals surface area contributed by atoms with Crippen LogP contribution in [0.1, 0.15) is 11.1 Å². The van der Waals surface area contributed by atoms with Gasteiger partial charge in [-0.25, -0.2) is 0 Å². The molecule has 1 heterocycles.